The van der Waals surface area contributed by atoms with Crippen LogP contribution in [0.15, 0.2) is 17.0 Å². The zero-order valence-corrected chi connectivity index (χ0v) is 8.35. The second-order valence-corrected chi connectivity index (χ2v) is 3.95. The third-order valence-electron chi connectivity index (χ3n) is 1.84. The fourth-order valence-corrected chi connectivity index (χ4v) is 1.92. The summed E-state index contributed by atoms with van der Waals surface area (Å²) in [7, 11) is 0. The quantitative estimate of drug-likeness (QED) is 0.707. The third-order valence-corrected chi connectivity index (χ3v) is 2.88. The molecule has 1 amide bonds. The van der Waals surface area contributed by atoms with Crippen molar-refractivity contribution in [1.82, 2.24) is 4.98 Å². The first kappa shape index (κ1) is 9.21. The van der Waals surface area contributed by atoms with E-state index in [1.165, 1.54) is 18.7 Å². The number of amides is 1. The van der Waals surface area contributed by atoms with E-state index in [1.807, 2.05) is 6.07 Å². The molecule has 1 aliphatic rings. The molecule has 2 heterocycles. The van der Waals surface area contributed by atoms with Gasteiger partial charge in [-0.1, -0.05) is 0 Å². The van der Waals surface area contributed by atoms with Crippen molar-refractivity contribution < 1.29 is 9.59 Å². The molecule has 0 spiro atoms. The summed E-state index contributed by atoms with van der Waals surface area (Å²) in [4.78, 5) is 27.1. The number of rotatable bonds is 1. The van der Waals surface area contributed by atoms with Crippen LogP contribution in [0.5, 0.6) is 0 Å². The maximum absolute atomic E-state index is 11.1. The van der Waals surface area contributed by atoms with Crippen LogP contribution < -0.4 is 5.32 Å². The Kier molecular flexibility index (Phi) is 2.25. The van der Waals surface area contributed by atoms with Crippen LogP contribution in [0.3, 0.4) is 0 Å². The Bertz CT molecular complexity index is 417. The summed E-state index contributed by atoms with van der Waals surface area (Å²) in [5, 5.41) is 2.63. The molecule has 2 rings (SSSR count). The van der Waals surface area contributed by atoms with Crippen molar-refractivity contribution in [3.05, 3.63) is 17.8 Å². The molecule has 1 aliphatic heterocycles. The van der Waals surface area contributed by atoms with Crippen molar-refractivity contribution in [1.29, 1.82) is 0 Å². The number of nitrogens with zero attached hydrogens (tertiary/aromatic N) is 1. The van der Waals surface area contributed by atoms with Crippen LogP contribution in [0, 0.1) is 0 Å². The van der Waals surface area contributed by atoms with E-state index in [2.05, 4.69) is 10.3 Å². The van der Waals surface area contributed by atoms with Crippen LogP contribution in [0.1, 0.15) is 17.4 Å². The van der Waals surface area contributed by atoms with E-state index in [9.17, 15) is 9.59 Å². The number of Topliss-reactive ketones (excluding diaryl/α,β-unsaturated/α-hetero) is 1. The van der Waals surface area contributed by atoms with Gasteiger partial charge in [-0.25, -0.2) is 4.98 Å². The van der Waals surface area contributed by atoms with E-state index in [1.54, 1.807) is 6.07 Å². The molecular formula is C9H8N2O2S. The van der Waals surface area contributed by atoms with Crippen molar-refractivity contribution >= 4 is 29.3 Å². The fraction of sp³-hybridized carbons (Fsp3) is 0.222. The lowest BCUT2D eigenvalue weighted by Crippen LogP contribution is -2.20. The lowest BCUT2D eigenvalue weighted by atomic mass is 10.3. The molecule has 0 radical (unpaired) electrons. The number of hydrogen-bond acceptors (Lipinski definition) is 4. The molecule has 1 aromatic heterocycles. The summed E-state index contributed by atoms with van der Waals surface area (Å²) in [6, 6.07) is 3.48. The topological polar surface area (TPSA) is 59.1 Å². The molecule has 5 heteroatoms. The number of carbonyl (C=O) groups excluding carboxylic acids is 2. The van der Waals surface area contributed by atoms with E-state index in [4.69, 9.17) is 0 Å². The number of hydrogen-bond donors (Lipinski definition) is 1. The molecule has 1 N–H and O–H groups in total. The van der Waals surface area contributed by atoms with Gasteiger partial charge < -0.3 is 5.32 Å². The molecule has 0 aromatic carbocycles. The van der Waals surface area contributed by atoms with Gasteiger partial charge in [0, 0.05) is 6.92 Å². The average Bonchev–Trinajstić information content (AvgIpc) is 2.16. The van der Waals surface area contributed by atoms with Crippen LogP contribution in [-0.2, 0) is 4.79 Å². The van der Waals surface area contributed by atoms with Gasteiger partial charge in [-0.05, 0) is 12.1 Å². The van der Waals surface area contributed by atoms with Gasteiger partial charge in [-0.3, -0.25) is 9.59 Å². The summed E-state index contributed by atoms with van der Waals surface area (Å²) in [5.74, 6) is 0.737. The number of thioether (sulfide) groups is 1. The molecule has 14 heavy (non-hydrogen) atoms. The van der Waals surface area contributed by atoms with E-state index < -0.39 is 0 Å². The van der Waals surface area contributed by atoms with E-state index >= 15 is 0 Å². The summed E-state index contributed by atoms with van der Waals surface area (Å²) >= 11 is 1.43. The smallest absolute Gasteiger partial charge is 0.235 e. The average molecular weight is 208 g/mol. The van der Waals surface area contributed by atoms with E-state index in [-0.39, 0.29) is 11.7 Å². The Hall–Kier alpha value is -1.36. The van der Waals surface area contributed by atoms with Gasteiger partial charge in [-0.15, -0.1) is 11.8 Å². The molecular weight excluding hydrogens is 200 g/mol. The molecule has 0 saturated heterocycles. The zero-order chi connectivity index (χ0) is 10.1. The third kappa shape index (κ3) is 1.63. The largest absolute Gasteiger partial charge is 0.309 e. The molecule has 1 aromatic rings. The van der Waals surface area contributed by atoms with Gasteiger partial charge in [0.05, 0.1) is 10.6 Å². The first-order valence-electron chi connectivity index (χ1n) is 4.11. The van der Waals surface area contributed by atoms with E-state index in [0.717, 1.165) is 4.90 Å². The summed E-state index contributed by atoms with van der Waals surface area (Å²) < 4.78 is 0. The Morgan fingerprint density at radius 1 is 1.57 bits per heavy atom. The maximum Gasteiger partial charge on any atom is 0.235 e. The highest BCUT2D eigenvalue weighted by molar-refractivity contribution is 8.00. The highest BCUT2D eigenvalue weighted by Crippen LogP contribution is 2.29. The normalized spacial score (nSPS) is 14.5. The number of carbonyl (C=O) groups is 2. The van der Waals surface area contributed by atoms with E-state index in [0.29, 0.717) is 17.3 Å². The van der Waals surface area contributed by atoms with Crippen LogP contribution >= 0.6 is 11.8 Å². The highest BCUT2D eigenvalue weighted by atomic mass is 32.2. The van der Waals surface area contributed by atoms with Gasteiger partial charge in [0.1, 0.15) is 11.5 Å². The standard InChI is InChI=1S/C9H8N2O2S/c1-5(12)6-2-3-7-9(10-6)11-8(13)4-14-7/h2-3H,4H2,1H3,(H,10,11,13). The molecule has 72 valence electrons. The first-order chi connectivity index (χ1) is 6.66. The van der Waals surface area contributed by atoms with Crippen molar-refractivity contribution in [2.75, 3.05) is 11.1 Å². The molecule has 0 bridgehead atoms. The number of ketones is 1. The molecule has 0 aliphatic carbocycles. The minimum Gasteiger partial charge on any atom is -0.309 e. The van der Waals surface area contributed by atoms with Crippen molar-refractivity contribution in [2.24, 2.45) is 0 Å². The summed E-state index contributed by atoms with van der Waals surface area (Å²) in [5.41, 5.74) is 0.381. The second-order valence-electron chi connectivity index (χ2n) is 2.94. The van der Waals surface area contributed by atoms with Gasteiger partial charge in [-0.2, -0.15) is 0 Å². The first-order valence-corrected chi connectivity index (χ1v) is 5.10. The fourth-order valence-electron chi connectivity index (χ4n) is 1.16. The number of fused-ring (bicyclic) bond motifs is 1. The Balaban J connectivity index is 2.42. The lowest BCUT2D eigenvalue weighted by molar-refractivity contribution is -0.113. The van der Waals surface area contributed by atoms with Crippen LogP contribution in [0.2, 0.25) is 0 Å². The van der Waals surface area contributed by atoms with Crippen molar-refractivity contribution in [3.63, 3.8) is 0 Å². The monoisotopic (exact) mass is 208 g/mol. The predicted octanol–water partition coefficient (Wildman–Crippen LogP) is 1.33. The van der Waals surface area contributed by atoms with Gasteiger partial charge in [0.15, 0.2) is 5.78 Å². The highest BCUT2D eigenvalue weighted by Gasteiger charge is 2.17. The predicted molar refractivity (Wildman–Crippen MR) is 53.6 cm³/mol. The number of aromatic nitrogens is 1. The Labute approximate surface area is 85.1 Å². The number of anilines is 1. The van der Waals surface area contributed by atoms with Crippen LogP contribution in [-0.4, -0.2) is 22.4 Å². The molecule has 4 nitrogen and oxygen atoms in total. The van der Waals surface area contributed by atoms with Gasteiger partial charge in [0.2, 0.25) is 5.91 Å². The second kappa shape index (κ2) is 3.42. The van der Waals surface area contributed by atoms with Gasteiger partial charge in [0.25, 0.3) is 0 Å². The Morgan fingerprint density at radius 2 is 2.36 bits per heavy atom. The van der Waals surface area contributed by atoms with Crippen LogP contribution in [0.25, 0.3) is 0 Å². The van der Waals surface area contributed by atoms with Crippen molar-refractivity contribution in [3.8, 4) is 0 Å². The molecule has 0 fully saturated rings. The summed E-state index contributed by atoms with van der Waals surface area (Å²) in [6.07, 6.45) is 0. The summed E-state index contributed by atoms with van der Waals surface area (Å²) in [6.45, 7) is 1.45. The molecule has 0 saturated carbocycles. The molecule has 0 atom stereocenters. The SMILES string of the molecule is CC(=O)c1ccc2c(n1)NC(=O)CS2. The van der Waals surface area contributed by atoms with Gasteiger partial charge >= 0.3 is 0 Å². The lowest BCUT2D eigenvalue weighted by Gasteiger charge is -2.14. The number of nitrogens with one attached hydrogen (secondary N) is 1. The Morgan fingerprint density at radius 3 is 3.07 bits per heavy atom. The maximum atomic E-state index is 11.1. The minimum absolute atomic E-state index is 0.0734. The molecule has 0 unspecified atom stereocenters. The number of pyridine rings is 1. The van der Waals surface area contributed by atoms with Crippen LogP contribution in [0.4, 0.5) is 5.82 Å². The zero-order valence-electron chi connectivity index (χ0n) is 7.53. The minimum atomic E-state index is -0.0994. The van der Waals surface area contributed by atoms with Crippen molar-refractivity contribution in [2.45, 2.75) is 11.8 Å².